The summed E-state index contributed by atoms with van der Waals surface area (Å²) < 4.78 is 0. The average Bonchev–Trinajstić information content (AvgIpc) is 2.56. The number of nitrogens with two attached hydrogens (primary N) is 2. The highest BCUT2D eigenvalue weighted by Gasteiger charge is 2.07. The first-order chi connectivity index (χ1) is 11.5. The summed E-state index contributed by atoms with van der Waals surface area (Å²) in [6.45, 7) is 1.21. The van der Waals surface area contributed by atoms with Crippen molar-refractivity contribution >= 4 is 90.2 Å². The molecule has 4 nitrogen and oxygen atoms in total. The molecule has 0 aliphatic rings. The van der Waals surface area contributed by atoms with Crippen molar-refractivity contribution in [3.63, 3.8) is 0 Å². The first-order valence-corrected chi connectivity index (χ1v) is 8.36. The van der Waals surface area contributed by atoms with Crippen LogP contribution in [-0.2, 0) is 13.1 Å². The van der Waals surface area contributed by atoms with Gasteiger partial charge in [0.2, 0.25) is 0 Å². The summed E-state index contributed by atoms with van der Waals surface area (Å²) in [5.74, 6) is 0. The van der Waals surface area contributed by atoms with E-state index in [1.165, 1.54) is 21.5 Å². The Kier molecular flexibility index (Phi) is 8.69. The Bertz CT molecular complexity index is 874. The van der Waals surface area contributed by atoms with Crippen molar-refractivity contribution in [3.8, 4) is 0 Å². The molecule has 3 rings (SSSR count). The second-order valence-electron chi connectivity index (χ2n) is 5.56. The summed E-state index contributed by atoms with van der Waals surface area (Å²) in [4.78, 5) is 0. The topological polar surface area (TPSA) is 76.1 Å². The van der Waals surface area contributed by atoms with E-state index in [9.17, 15) is 0 Å². The van der Waals surface area contributed by atoms with E-state index in [-0.39, 0.29) is 34.0 Å². The molecule has 26 heavy (non-hydrogen) atoms. The van der Waals surface area contributed by atoms with E-state index < -0.39 is 0 Å². The number of fused-ring (bicyclic) bond motifs is 2. The van der Waals surface area contributed by atoms with Crippen molar-refractivity contribution < 1.29 is 0 Å². The maximum Gasteiger partial charge on any atom is 0.163 e. The molecule has 0 aliphatic heterocycles. The lowest BCUT2D eigenvalue weighted by Crippen LogP contribution is -2.28. The predicted octanol–water partition coefficient (Wildman–Crippen LogP) is 3.82. The van der Waals surface area contributed by atoms with E-state index in [1.54, 1.807) is 0 Å². The molecule has 0 heterocycles. The first kappa shape index (κ1) is 22.6. The van der Waals surface area contributed by atoms with Gasteiger partial charge in [0.1, 0.15) is 0 Å². The number of nitrogens with one attached hydrogen (secondary N) is 2. The summed E-state index contributed by atoms with van der Waals surface area (Å²) >= 11 is 9.82. The van der Waals surface area contributed by atoms with Crippen molar-refractivity contribution in [1.29, 1.82) is 0 Å². The monoisotopic (exact) mass is 514 g/mol. The van der Waals surface area contributed by atoms with Crippen LogP contribution in [0, 0.1) is 0 Å². The van der Waals surface area contributed by atoms with Gasteiger partial charge < -0.3 is 22.1 Å². The van der Waals surface area contributed by atoms with Gasteiger partial charge in [-0.2, -0.15) is 0 Å². The zero-order chi connectivity index (χ0) is 17.1. The van der Waals surface area contributed by atoms with Gasteiger partial charge in [-0.1, -0.05) is 36.4 Å². The number of thiocarbonyl (C=S) groups is 2. The maximum absolute atomic E-state index is 5.55. The van der Waals surface area contributed by atoms with Crippen LogP contribution in [0.5, 0.6) is 0 Å². The van der Waals surface area contributed by atoms with Crippen LogP contribution in [-0.4, -0.2) is 10.2 Å². The van der Waals surface area contributed by atoms with Crippen molar-refractivity contribution in [1.82, 2.24) is 10.6 Å². The third-order valence-electron chi connectivity index (χ3n) is 3.97. The Morgan fingerprint density at radius 2 is 1.15 bits per heavy atom. The molecular formula is C18H20Br2N4S2. The third-order valence-corrected chi connectivity index (χ3v) is 4.25. The molecule has 0 aliphatic carbocycles. The lowest BCUT2D eigenvalue weighted by molar-refractivity contribution is 0.926. The molecule has 0 unspecified atom stereocenters. The van der Waals surface area contributed by atoms with Gasteiger partial charge in [-0.15, -0.1) is 34.0 Å². The van der Waals surface area contributed by atoms with Gasteiger partial charge in [-0.25, -0.2) is 0 Å². The van der Waals surface area contributed by atoms with Crippen molar-refractivity contribution in [2.45, 2.75) is 13.1 Å². The summed E-state index contributed by atoms with van der Waals surface area (Å²) in [5.41, 5.74) is 13.4. The van der Waals surface area contributed by atoms with E-state index in [4.69, 9.17) is 35.9 Å². The van der Waals surface area contributed by atoms with E-state index in [0.717, 1.165) is 11.1 Å². The number of hydrogen-bond acceptors (Lipinski definition) is 2. The SMILES string of the molecule is Br.Br.NC(=S)NCc1cccc2cc3cccc(CNC(N)=S)c3cc12. The fourth-order valence-corrected chi connectivity index (χ4v) is 3.00. The molecule has 3 aromatic carbocycles. The second-order valence-corrected chi connectivity index (χ2v) is 6.44. The van der Waals surface area contributed by atoms with Crippen LogP contribution < -0.4 is 22.1 Å². The normalized spacial score (nSPS) is 9.85. The largest absolute Gasteiger partial charge is 0.376 e. The highest BCUT2D eigenvalue weighted by Crippen LogP contribution is 2.28. The molecule has 0 fully saturated rings. The standard InChI is InChI=1S/C18H18N4S2.2BrH/c19-17(23)21-9-13-5-1-3-11-7-12-4-2-6-14(10-22-18(20)24)16(12)8-15(11)13;;/h1-8H,9-10H2,(H3,19,21,23)(H3,20,22,24);2*1H. The Labute approximate surface area is 184 Å². The minimum absolute atomic E-state index is 0. The van der Waals surface area contributed by atoms with Crippen LogP contribution in [0.25, 0.3) is 21.5 Å². The molecule has 8 heteroatoms. The summed E-state index contributed by atoms with van der Waals surface area (Å²) in [6, 6.07) is 16.9. The average molecular weight is 516 g/mol. The molecule has 0 atom stereocenters. The molecule has 0 saturated carbocycles. The first-order valence-electron chi connectivity index (χ1n) is 7.54. The maximum atomic E-state index is 5.55. The predicted molar refractivity (Wildman–Crippen MR) is 129 cm³/mol. The summed E-state index contributed by atoms with van der Waals surface area (Å²) in [5, 5.41) is 11.4. The van der Waals surface area contributed by atoms with Crippen molar-refractivity contribution in [2.75, 3.05) is 0 Å². The van der Waals surface area contributed by atoms with E-state index >= 15 is 0 Å². The lowest BCUT2D eigenvalue weighted by Gasteiger charge is -2.12. The Hall–Kier alpha value is -1.48. The Morgan fingerprint density at radius 1 is 0.731 bits per heavy atom. The van der Waals surface area contributed by atoms with Gasteiger partial charge in [0.15, 0.2) is 10.2 Å². The zero-order valence-corrected chi connectivity index (χ0v) is 18.9. The smallest absolute Gasteiger partial charge is 0.163 e. The van der Waals surface area contributed by atoms with Gasteiger partial charge in [-0.3, -0.25) is 0 Å². The molecule has 0 aromatic heterocycles. The highest BCUT2D eigenvalue weighted by molar-refractivity contribution is 8.93. The molecule has 0 bridgehead atoms. The van der Waals surface area contributed by atoms with Gasteiger partial charge in [0, 0.05) is 13.1 Å². The molecular weight excluding hydrogens is 496 g/mol. The molecule has 0 radical (unpaired) electrons. The Morgan fingerprint density at radius 3 is 1.54 bits per heavy atom. The van der Waals surface area contributed by atoms with Crippen LogP contribution in [0.15, 0.2) is 48.5 Å². The highest BCUT2D eigenvalue weighted by atomic mass is 79.9. The summed E-state index contributed by atoms with van der Waals surface area (Å²) in [7, 11) is 0. The number of benzene rings is 3. The van der Waals surface area contributed by atoms with E-state index in [2.05, 4.69) is 47.0 Å². The van der Waals surface area contributed by atoms with E-state index in [1.807, 2.05) is 12.1 Å². The van der Waals surface area contributed by atoms with Crippen LogP contribution in [0.3, 0.4) is 0 Å². The van der Waals surface area contributed by atoms with Crippen molar-refractivity contribution in [3.05, 3.63) is 59.7 Å². The number of hydrogen-bond donors (Lipinski definition) is 4. The van der Waals surface area contributed by atoms with Crippen LogP contribution in [0.4, 0.5) is 0 Å². The second kappa shape index (κ2) is 10.0. The lowest BCUT2D eigenvalue weighted by atomic mass is 9.97. The summed E-state index contributed by atoms with van der Waals surface area (Å²) in [6.07, 6.45) is 0. The molecule has 138 valence electrons. The van der Waals surface area contributed by atoms with Gasteiger partial charge in [0.05, 0.1) is 0 Å². The Balaban J connectivity index is 0.00000169. The minimum atomic E-state index is 0. The third kappa shape index (κ3) is 5.26. The zero-order valence-electron chi connectivity index (χ0n) is 13.8. The van der Waals surface area contributed by atoms with Gasteiger partial charge in [-0.05, 0) is 69.2 Å². The molecule has 0 amide bonds. The van der Waals surface area contributed by atoms with Gasteiger partial charge in [0.25, 0.3) is 0 Å². The quantitative estimate of drug-likeness (QED) is 0.312. The number of rotatable bonds is 4. The molecule has 6 N–H and O–H groups in total. The van der Waals surface area contributed by atoms with Crippen molar-refractivity contribution in [2.24, 2.45) is 11.5 Å². The van der Waals surface area contributed by atoms with Crippen LogP contribution in [0.1, 0.15) is 11.1 Å². The molecule has 3 aromatic rings. The number of halogens is 2. The fourth-order valence-electron chi connectivity index (χ4n) is 2.85. The fraction of sp³-hybridized carbons (Fsp3) is 0.111. The van der Waals surface area contributed by atoms with Crippen LogP contribution in [0.2, 0.25) is 0 Å². The van der Waals surface area contributed by atoms with E-state index in [0.29, 0.717) is 23.3 Å². The minimum Gasteiger partial charge on any atom is -0.376 e. The molecule has 0 saturated heterocycles. The van der Waals surface area contributed by atoms with Gasteiger partial charge >= 0.3 is 0 Å². The van der Waals surface area contributed by atoms with Crippen LogP contribution >= 0.6 is 58.4 Å². The molecule has 0 spiro atoms.